The van der Waals surface area contributed by atoms with E-state index in [1.54, 1.807) is 18.2 Å². The first-order chi connectivity index (χ1) is 10.7. The number of aliphatic hydroxyl groups excluding tert-OH is 1. The number of carbonyl (C=O) groups is 1. The summed E-state index contributed by atoms with van der Waals surface area (Å²) >= 11 is 0. The van der Waals surface area contributed by atoms with Gasteiger partial charge in [-0.2, -0.15) is 0 Å². The number of carbonyl (C=O) groups excluding carboxylic acids is 1. The number of ether oxygens (including phenoxy) is 2. The molecule has 0 aromatic heterocycles. The zero-order valence-electron chi connectivity index (χ0n) is 12.8. The molecule has 4 nitrogen and oxygen atoms in total. The lowest BCUT2D eigenvalue weighted by molar-refractivity contribution is 0.0460. The van der Waals surface area contributed by atoms with Crippen LogP contribution in [-0.2, 0) is 11.3 Å². The van der Waals surface area contributed by atoms with E-state index in [2.05, 4.69) is 0 Å². The predicted octanol–water partition coefficient (Wildman–Crippen LogP) is 3.15. The molecule has 116 valence electrons. The van der Waals surface area contributed by atoms with Gasteiger partial charge in [-0.05, 0) is 30.7 Å². The van der Waals surface area contributed by atoms with Crippen molar-refractivity contribution in [1.29, 1.82) is 0 Å². The third-order valence-electron chi connectivity index (χ3n) is 3.45. The Balaban J connectivity index is 2.27. The Kier molecular flexibility index (Phi) is 5.69. The van der Waals surface area contributed by atoms with Gasteiger partial charge in [0.15, 0.2) is 5.78 Å². The number of aliphatic hydroxyl groups is 1. The van der Waals surface area contributed by atoms with Crippen LogP contribution < -0.4 is 4.74 Å². The average Bonchev–Trinajstić information content (AvgIpc) is 2.55. The highest BCUT2D eigenvalue weighted by Crippen LogP contribution is 2.29. The molecule has 0 heterocycles. The summed E-state index contributed by atoms with van der Waals surface area (Å²) < 4.78 is 11.1. The van der Waals surface area contributed by atoms with Crippen LogP contribution in [0.15, 0.2) is 48.5 Å². The minimum Gasteiger partial charge on any atom is -0.489 e. The molecule has 0 saturated heterocycles. The predicted molar refractivity (Wildman–Crippen MR) is 84.1 cm³/mol. The number of ketones is 1. The Morgan fingerprint density at radius 1 is 1.18 bits per heavy atom. The molecule has 22 heavy (non-hydrogen) atoms. The SMILES string of the molecule is CO[C@H](CO)c1cc(C(C)=O)ccc1OCc1ccccc1. The minimum absolute atomic E-state index is 0.0383. The van der Waals surface area contributed by atoms with Crippen LogP contribution in [0.4, 0.5) is 0 Å². The second-order valence-electron chi connectivity index (χ2n) is 4.99. The molecule has 0 fully saturated rings. The van der Waals surface area contributed by atoms with Crippen molar-refractivity contribution in [2.24, 2.45) is 0 Å². The standard InChI is InChI=1S/C18H20O4/c1-13(20)15-8-9-17(16(10-15)18(11-19)21-2)22-12-14-6-4-3-5-7-14/h3-10,18-19H,11-12H2,1-2H3/t18-/m1/s1. The first kappa shape index (κ1) is 16.2. The second kappa shape index (κ2) is 7.73. The average molecular weight is 300 g/mol. The van der Waals surface area contributed by atoms with Crippen molar-refractivity contribution in [1.82, 2.24) is 0 Å². The highest BCUT2D eigenvalue weighted by Gasteiger charge is 2.17. The summed E-state index contributed by atoms with van der Waals surface area (Å²) in [4.78, 5) is 11.5. The molecule has 0 saturated carbocycles. The van der Waals surface area contributed by atoms with Crippen LogP contribution in [0.5, 0.6) is 5.75 Å². The lowest BCUT2D eigenvalue weighted by Crippen LogP contribution is -2.10. The number of benzene rings is 2. The van der Waals surface area contributed by atoms with Gasteiger partial charge in [0.2, 0.25) is 0 Å². The Morgan fingerprint density at radius 3 is 2.50 bits per heavy atom. The van der Waals surface area contributed by atoms with Crippen molar-refractivity contribution in [2.45, 2.75) is 19.6 Å². The lowest BCUT2D eigenvalue weighted by atomic mass is 10.0. The van der Waals surface area contributed by atoms with Crippen LogP contribution in [-0.4, -0.2) is 24.6 Å². The molecule has 0 aliphatic rings. The fraction of sp³-hybridized carbons (Fsp3) is 0.278. The van der Waals surface area contributed by atoms with E-state index in [0.29, 0.717) is 23.5 Å². The van der Waals surface area contributed by atoms with E-state index in [4.69, 9.17) is 9.47 Å². The topological polar surface area (TPSA) is 55.8 Å². The van der Waals surface area contributed by atoms with Crippen molar-refractivity contribution in [3.8, 4) is 5.75 Å². The number of methoxy groups -OCH3 is 1. The molecular weight excluding hydrogens is 280 g/mol. The smallest absolute Gasteiger partial charge is 0.159 e. The van der Waals surface area contributed by atoms with Gasteiger partial charge in [-0.3, -0.25) is 4.79 Å². The fourth-order valence-electron chi connectivity index (χ4n) is 2.19. The summed E-state index contributed by atoms with van der Waals surface area (Å²) in [5.74, 6) is 0.568. The van der Waals surface area contributed by atoms with E-state index in [1.165, 1.54) is 14.0 Å². The van der Waals surface area contributed by atoms with Crippen LogP contribution in [0.25, 0.3) is 0 Å². The monoisotopic (exact) mass is 300 g/mol. The quantitative estimate of drug-likeness (QED) is 0.798. The van der Waals surface area contributed by atoms with Gasteiger partial charge in [-0.1, -0.05) is 30.3 Å². The molecule has 1 atom stereocenters. The van der Waals surface area contributed by atoms with Gasteiger partial charge in [0, 0.05) is 18.2 Å². The van der Waals surface area contributed by atoms with E-state index < -0.39 is 6.10 Å². The van der Waals surface area contributed by atoms with Gasteiger partial charge in [-0.25, -0.2) is 0 Å². The van der Waals surface area contributed by atoms with Crippen LogP contribution in [0.2, 0.25) is 0 Å². The molecule has 0 spiro atoms. The van der Waals surface area contributed by atoms with E-state index in [-0.39, 0.29) is 12.4 Å². The van der Waals surface area contributed by atoms with Gasteiger partial charge in [0.1, 0.15) is 18.5 Å². The van der Waals surface area contributed by atoms with Crippen molar-refractivity contribution < 1.29 is 19.4 Å². The highest BCUT2D eigenvalue weighted by molar-refractivity contribution is 5.94. The van der Waals surface area contributed by atoms with Crippen LogP contribution in [0.3, 0.4) is 0 Å². The maximum Gasteiger partial charge on any atom is 0.159 e. The molecule has 0 aliphatic carbocycles. The zero-order valence-corrected chi connectivity index (χ0v) is 12.8. The molecule has 2 aromatic carbocycles. The van der Waals surface area contributed by atoms with E-state index in [0.717, 1.165) is 5.56 Å². The van der Waals surface area contributed by atoms with Gasteiger partial charge in [0.25, 0.3) is 0 Å². The number of rotatable bonds is 7. The first-order valence-corrected chi connectivity index (χ1v) is 7.11. The van der Waals surface area contributed by atoms with Gasteiger partial charge < -0.3 is 14.6 Å². The molecule has 1 N–H and O–H groups in total. The molecule has 0 amide bonds. The van der Waals surface area contributed by atoms with Crippen LogP contribution in [0, 0.1) is 0 Å². The minimum atomic E-state index is -0.523. The molecule has 2 rings (SSSR count). The number of hydrogen-bond acceptors (Lipinski definition) is 4. The summed E-state index contributed by atoms with van der Waals surface area (Å²) in [6, 6.07) is 15.0. The number of hydrogen-bond donors (Lipinski definition) is 1. The van der Waals surface area contributed by atoms with Gasteiger partial charge in [0.05, 0.1) is 6.61 Å². The zero-order chi connectivity index (χ0) is 15.9. The molecule has 0 bridgehead atoms. The highest BCUT2D eigenvalue weighted by atomic mass is 16.5. The normalized spacial score (nSPS) is 12.0. The molecule has 2 aromatic rings. The fourth-order valence-corrected chi connectivity index (χ4v) is 2.19. The maximum absolute atomic E-state index is 11.5. The summed E-state index contributed by atoms with van der Waals surface area (Å²) in [5.41, 5.74) is 2.29. The van der Waals surface area contributed by atoms with Crippen molar-refractivity contribution in [2.75, 3.05) is 13.7 Å². The summed E-state index contributed by atoms with van der Waals surface area (Å²) in [6.45, 7) is 1.74. The van der Waals surface area contributed by atoms with Crippen LogP contribution in [0.1, 0.15) is 34.5 Å². The molecule has 0 radical (unpaired) electrons. The largest absolute Gasteiger partial charge is 0.489 e. The molecule has 0 aliphatic heterocycles. The summed E-state index contributed by atoms with van der Waals surface area (Å²) in [7, 11) is 1.52. The maximum atomic E-state index is 11.5. The van der Waals surface area contributed by atoms with Crippen molar-refractivity contribution in [3.63, 3.8) is 0 Å². The van der Waals surface area contributed by atoms with Crippen LogP contribution >= 0.6 is 0 Å². The van der Waals surface area contributed by atoms with E-state index in [9.17, 15) is 9.90 Å². The van der Waals surface area contributed by atoms with Gasteiger partial charge in [-0.15, -0.1) is 0 Å². The summed E-state index contributed by atoms with van der Waals surface area (Å²) in [6.07, 6.45) is -0.523. The second-order valence-corrected chi connectivity index (χ2v) is 4.99. The summed E-state index contributed by atoms with van der Waals surface area (Å²) in [5, 5.41) is 9.45. The molecule has 0 unspecified atom stereocenters. The first-order valence-electron chi connectivity index (χ1n) is 7.11. The third-order valence-corrected chi connectivity index (χ3v) is 3.45. The molecule has 4 heteroatoms. The van der Waals surface area contributed by atoms with Crippen molar-refractivity contribution in [3.05, 3.63) is 65.2 Å². The Morgan fingerprint density at radius 2 is 1.91 bits per heavy atom. The van der Waals surface area contributed by atoms with Gasteiger partial charge >= 0.3 is 0 Å². The molecular formula is C18H20O4. The van der Waals surface area contributed by atoms with E-state index in [1.807, 2.05) is 30.3 Å². The van der Waals surface area contributed by atoms with Crippen molar-refractivity contribution >= 4 is 5.78 Å². The number of Topliss-reactive ketones (excluding diaryl/α,β-unsaturated/α-hetero) is 1. The Hall–Kier alpha value is -2.17. The third kappa shape index (κ3) is 3.93. The lowest BCUT2D eigenvalue weighted by Gasteiger charge is -2.18. The Bertz CT molecular complexity index is 618. The Labute approximate surface area is 130 Å². The van der Waals surface area contributed by atoms with E-state index >= 15 is 0 Å².